The van der Waals surface area contributed by atoms with Gasteiger partial charge in [-0.25, -0.2) is 13.6 Å². The molecular weight excluding hydrogens is 405 g/mol. The van der Waals surface area contributed by atoms with Gasteiger partial charge in [0, 0.05) is 29.4 Å². The molecule has 0 radical (unpaired) electrons. The summed E-state index contributed by atoms with van der Waals surface area (Å²) >= 11 is 2.23. The van der Waals surface area contributed by atoms with E-state index < -0.39 is 29.3 Å². The van der Waals surface area contributed by atoms with E-state index in [1.807, 2.05) is 5.32 Å². The summed E-state index contributed by atoms with van der Waals surface area (Å²) < 4.78 is 29.2. The average molecular weight is 418 g/mol. The van der Waals surface area contributed by atoms with Crippen LogP contribution >= 0.6 is 22.6 Å². The van der Waals surface area contributed by atoms with E-state index >= 15 is 0 Å². The topological polar surface area (TPSA) is 49.4 Å². The predicted octanol–water partition coefficient (Wildman–Crippen LogP) is 2.98. The van der Waals surface area contributed by atoms with E-state index in [0.717, 1.165) is 27.9 Å². The molecule has 0 saturated carbocycles. The normalized spacial score (nSPS) is 14.4. The maximum absolute atomic E-state index is 14.1. The van der Waals surface area contributed by atoms with Crippen molar-refractivity contribution >= 4 is 40.2 Å². The molecule has 3 amide bonds. The van der Waals surface area contributed by atoms with Gasteiger partial charge in [-0.2, -0.15) is 0 Å². The molecule has 0 aromatic heterocycles. The van der Waals surface area contributed by atoms with Gasteiger partial charge in [0.2, 0.25) is 5.91 Å². The van der Waals surface area contributed by atoms with Gasteiger partial charge < -0.3 is 0 Å². The van der Waals surface area contributed by atoms with Crippen LogP contribution in [0.1, 0.15) is 24.8 Å². The second kappa shape index (κ2) is 7.54. The zero-order valence-corrected chi connectivity index (χ0v) is 13.7. The van der Waals surface area contributed by atoms with Crippen LogP contribution in [0.2, 0.25) is 0 Å². The van der Waals surface area contributed by atoms with Crippen molar-refractivity contribution in [2.45, 2.75) is 19.3 Å². The molecule has 7 heteroatoms. The maximum atomic E-state index is 14.1. The minimum atomic E-state index is -0.873. The Kier molecular flexibility index (Phi) is 5.71. The maximum Gasteiger partial charge on any atom is 0.328 e. The van der Waals surface area contributed by atoms with Gasteiger partial charge in [-0.05, 0) is 18.6 Å². The highest BCUT2D eigenvalue weighted by Gasteiger charge is 2.28. The van der Waals surface area contributed by atoms with Crippen LogP contribution in [0.15, 0.2) is 12.1 Å². The number of benzene rings is 1. The Hall–Kier alpha value is -1.69. The number of nitrogens with one attached hydrogen (secondary N) is 1. The van der Waals surface area contributed by atoms with Gasteiger partial charge in [-0.1, -0.05) is 34.4 Å². The van der Waals surface area contributed by atoms with Crippen molar-refractivity contribution in [3.05, 3.63) is 29.3 Å². The van der Waals surface area contributed by atoms with E-state index in [9.17, 15) is 18.4 Å². The molecule has 1 saturated heterocycles. The number of hydrogen-bond acceptors (Lipinski definition) is 2. The first-order chi connectivity index (χ1) is 10.5. The molecule has 1 N–H and O–H groups in total. The van der Waals surface area contributed by atoms with Crippen LogP contribution in [0.25, 0.3) is 0 Å². The summed E-state index contributed by atoms with van der Waals surface area (Å²) in [5, 5.41) is 2.03. The van der Waals surface area contributed by atoms with Crippen molar-refractivity contribution in [3.8, 4) is 11.8 Å². The zero-order valence-electron chi connectivity index (χ0n) is 11.6. The number of halogens is 3. The number of rotatable bonds is 3. The largest absolute Gasteiger partial charge is 0.328 e. The molecule has 22 heavy (non-hydrogen) atoms. The summed E-state index contributed by atoms with van der Waals surface area (Å²) in [5.41, 5.74) is -0.233. The van der Waals surface area contributed by atoms with Crippen LogP contribution in [0.4, 0.5) is 19.3 Å². The molecule has 0 unspecified atom stereocenters. The number of carbonyl (C=O) groups excluding carboxylic acids is 2. The third-order valence-corrected chi connectivity index (χ3v) is 3.77. The Balaban J connectivity index is 2.25. The summed E-state index contributed by atoms with van der Waals surface area (Å²) in [6, 6.07) is 1.37. The van der Waals surface area contributed by atoms with Crippen molar-refractivity contribution in [2.75, 3.05) is 15.9 Å². The highest BCUT2D eigenvalue weighted by atomic mass is 127. The van der Waals surface area contributed by atoms with Gasteiger partial charge in [0.15, 0.2) is 11.6 Å². The molecule has 1 aromatic carbocycles. The minimum Gasteiger partial charge on any atom is -0.288 e. The fourth-order valence-corrected chi connectivity index (χ4v) is 2.37. The number of nitrogens with zero attached hydrogens (tertiary/aromatic N) is 1. The van der Waals surface area contributed by atoms with E-state index in [1.165, 1.54) is 0 Å². The first-order valence-electron chi connectivity index (χ1n) is 6.68. The Morgan fingerprint density at radius 3 is 2.55 bits per heavy atom. The van der Waals surface area contributed by atoms with Crippen molar-refractivity contribution in [2.24, 2.45) is 0 Å². The third kappa shape index (κ3) is 3.94. The molecule has 0 bridgehead atoms. The van der Waals surface area contributed by atoms with Gasteiger partial charge in [0.05, 0.1) is 0 Å². The number of anilines is 1. The summed E-state index contributed by atoms with van der Waals surface area (Å²) in [7, 11) is 0. The molecule has 1 heterocycles. The number of amides is 3. The fourth-order valence-electron chi connectivity index (χ4n) is 1.99. The molecule has 1 aliphatic rings. The number of hydrogen-bond donors (Lipinski definition) is 1. The zero-order chi connectivity index (χ0) is 16.1. The second-order valence-electron chi connectivity index (χ2n) is 4.64. The van der Waals surface area contributed by atoms with Crippen LogP contribution in [0.3, 0.4) is 0 Å². The number of urea groups is 1. The van der Waals surface area contributed by atoms with Gasteiger partial charge in [0.1, 0.15) is 5.69 Å². The lowest BCUT2D eigenvalue weighted by Crippen LogP contribution is -2.50. The summed E-state index contributed by atoms with van der Waals surface area (Å²) in [4.78, 5) is 23.6. The van der Waals surface area contributed by atoms with Gasteiger partial charge in [-0.15, -0.1) is 0 Å². The quantitative estimate of drug-likeness (QED) is 0.355. The van der Waals surface area contributed by atoms with Crippen molar-refractivity contribution in [3.63, 3.8) is 0 Å². The molecule has 116 valence electrons. The van der Waals surface area contributed by atoms with E-state index in [2.05, 4.69) is 34.4 Å². The molecule has 4 nitrogen and oxygen atoms in total. The Labute approximate surface area is 140 Å². The summed E-state index contributed by atoms with van der Waals surface area (Å²) in [6.07, 6.45) is 1.58. The SMILES string of the molecule is O=C1CCN(c2c(F)cc(C#CCCCI)cc2F)C(=O)N1. The van der Waals surface area contributed by atoms with Crippen LogP contribution in [0.5, 0.6) is 0 Å². The molecule has 1 fully saturated rings. The molecule has 0 spiro atoms. The predicted molar refractivity (Wildman–Crippen MR) is 86.9 cm³/mol. The van der Waals surface area contributed by atoms with Crippen molar-refractivity contribution < 1.29 is 18.4 Å². The molecule has 1 aliphatic heterocycles. The van der Waals surface area contributed by atoms with Crippen LogP contribution in [-0.2, 0) is 4.79 Å². The van der Waals surface area contributed by atoms with Crippen LogP contribution in [0, 0.1) is 23.5 Å². The lowest BCUT2D eigenvalue weighted by Gasteiger charge is -2.27. The fraction of sp³-hybridized carbons (Fsp3) is 0.333. The van der Waals surface area contributed by atoms with Crippen molar-refractivity contribution in [1.82, 2.24) is 5.32 Å². The highest BCUT2D eigenvalue weighted by molar-refractivity contribution is 14.1. The molecule has 1 aromatic rings. The van der Waals surface area contributed by atoms with Crippen LogP contribution in [-0.4, -0.2) is 22.9 Å². The third-order valence-electron chi connectivity index (χ3n) is 3.01. The number of imide groups is 1. The van der Waals surface area contributed by atoms with Gasteiger partial charge >= 0.3 is 6.03 Å². The molecule has 2 rings (SSSR count). The standard InChI is InChI=1S/C15H13F2IN2O2/c16-11-8-10(4-2-1-3-6-18)9-12(17)14(11)20-7-5-13(21)19-15(20)22/h8-9H,1,3,5-7H2,(H,19,21,22). The lowest BCUT2D eigenvalue weighted by molar-refractivity contribution is -0.120. The monoisotopic (exact) mass is 418 g/mol. The van der Waals surface area contributed by atoms with E-state index in [-0.39, 0.29) is 18.5 Å². The molecule has 0 aliphatic carbocycles. The molecular formula is C15H13F2IN2O2. The van der Waals surface area contributed by atoms with E-state index in [1.54, 1.807) is 0 Å². The Morgan fingerprint density at radius 2 is 1.95 bits per heavy atom. The van der Waals surface area contributed by atoms with Gasteiger partial charge in [-0.3, -0.25) is 15.0 Å². The highest BCUT2D eigenvalue weighted by Crippen LogP contribution is 2.26. The average Bonchev–Trinajstić information content (AvgIpc) is 2.45. The smallest absolute Gasteiger partial charge is 0.288 e. The van der Waals surface area contributed by atoms with E-state index in [4.69, 9.17) is 0 Å². The Bertz CT molecular complexity index is 644. The number of unbranched alkanes of at least 4 members (excludes halogenated alkanes) is 1. The first kappa shape index (κ1) is 16.7. The Morgan fingerprint density at radius 1 is 1.27 bits per heavy atom. The lowest BCUT2D eigenvalue weighted by atomic mass is 10.1. The minimum absolute atomic E-state index is 0.00246. The van der Waals surface area contributed by atoms with Crippen LogP contribution < -0.4 is 10.2 Å². The summed E-state index contributed by atoms with van der Waals surface area (Å²) in [6.45, 7) is -0.0564. The summed E-state index contributed by atoms with van der Waals surface area (Å²) in [5.74, 6) is 3.34. The molecule has 0 atom stereocenters. The first-order valence-corrected chi connectivity index (χ1v) is 8.20. The number of carbonyl (C=O) groups is 2. The van der Waals surface area contributed by atoms with E-state index in [0.29, 0.717) is 6.42 Å². The number of alkyl halides is 1. The van der Waals surface area contributed by atoms with Gasteiger partial charge in [0.25, 0.3) is 0 Å². The van der Waals surface area contributed by atoms with Crippen molar-refractivity contribution in [1.29, 1.82) is 0 Å². The second-order valence-corrected chi connectivity index (χ2v) is 5.72.